The molecule has 2 atom stereocenters. The van der Waals surface area contributed by atoms with Gasteiger partial charge in [0.2, 0.25) is 0 Å². The van der Waals surface area contributed by atoms with E-state index in [0.29, 0.717) is 10.8 Å². The molecule has 2 aliphatic rings. The maximum atomic E-state index is 6.08. The molecular weight excluding hydrogens is 228 g/mol. The zero-order chi connectivity index (χ0) is 12.3. The van der Waals surface area contributed by atoms with Gasteiger partial charge in [-0.1, -0.05) is 20.3 Å². The molecule has 1 heterocycles. The molecule has 1 saturated carbocycles. The highest BCUT2D eigenvalue weighted by molar-refractivity contribution is 8.00. The van der Waals surface area contributed by atoms with Gasteiger partial charge in [0.05, 0.1) is 0 Å². The van der Waals surface area contributed by atoms with Crippen LogP contribution in [0.2, 0.25) is 0 Å². The Hall–Kier alpha value is 0.270. The summed E-state index contributed by atoms with van der Waals surface area (Å²) in [7, 11) is 0. The van der Waals surface area contributed by atoms with E-state index < -0.39 is 0 Å². The van der Waals surface area contributed by atoms with Crippen molar-refractivity contribution in [2.45, 2.75) is 56.7 Å². The molecule has 2 nitrogen and oxygen atoms in total. The number of rotatable bonds is 2. The summed E-state index contributed by atoms with van der Waals surface area (Å²) in [5.74, 6) is 2.16. The van der Waals surface area contributed by atoms with Gasteiger partial charge >= 0.3 is 0 Å². The molecule has 0 aromatic carbocycles. The Labute approximate surface area is 111 Å². The van der Waals surface area contributed by atoms with E-state index in [1.807, 2.05) is 0 Å². The monoisotopic (exact) mass is 256 g/mol. The van der Waals surface area contributed by atoms with Gasteiger partial charge in [-0.15, -0.1) is 0 Å². The van der Waals surface area contributed by atoms with E-state index in [0.717, 1.165) is 5.92 Å². The van der Waals surface area contributed by atoms with Crippen LogP contribution in [0.1, 0.15) is 46.0 Å². The summed E-state index contributed by atoms with van der Waals surface area (Å²) in [6, 6.07) is 0.478. The fourth-order valence-electron chi connectivity index (χ4n) is 3.11. The molecule has 1 saturated heterocycles. The first-order valence-corrected chi connectivity index (χ1v) is 8.16. The van der Waals surface area contributed by atoms with E-state index >= 15 is 0 Å². The van der Waals surface area contributed by atoms with Crippen molar-refractivity contribution in [2.24, 2.45) is 11.7 Å². The van der Waals surface area contributed by atoms with Crippen LogP contribution in [-0.2, 0) is 0 Å². The maximum Gasteiger partial charge on any atom is 0.0116 e. The molecule has 2 fully saturated rings. The van der Waals surface area contributed by atoms with E-state index in [2.05, 4.69) is 30.5 Å². The molecule has 2 N–H and O–H groups in total. The normalized spacial score (nSPS) is 35.5. The zero-order valence-corrected chi connectivity index (χ0v) is 12.3. The standard InChI is InChI=1S/C14H28N2S/c1-14(2)6-7-16(8-9-17-14)11-12-4-3-5-13(15)10-12/h12-13H,3-11,15H2,1-2H3. The minimum Gasteiger partial charge on any atom is -0.328 e. The molecule has 0 bridgehead atoms. The summed E-state index contributed by atoms with van der Waals surface area (Å²) in [5.41, 5.74) is 6.08. The van der Waals surface area contributed by atoms with Crippen LogP contribution < -0.4 is 5.73 Å². The van der Waals surface area contributed by atoms with Crippen LogP contribution in [0.4, 0.5) is 0 Å². The third-order valence-electron chi connectivity index (χ3n) is 4.27. The third-order valence-corrected chi connectivity index (χ3v) is 5.64. The van der Waals surface area contributed by atoms with Crippen LogP contribution in [-0.4, -0.2) is 41.1 Å². The van der Waals surface area contributed by atoms with E-state index in [-0.39, 0.29) is 0 Å². The summed E-state index contributed by atoms with van der Waals surface area (Å²) in [6.07, 6.45) is 6.59. The molecule has 0 spiro atoms. The van der Waals surface area contributed by atoms with Gasteiger partial charge in [-0.05, 0) is 38.1 Å². The van der Waals surface area contributed by atoms with Gasteiger partial charge in [-0.25, -0.2) is 0 Å². The molecule has 17 heavy (non-hydrogen) atoms. The lowest BCUT2D eigenvalue weighted by atomic mass is 9.86. The lowest BCUT2D eigenvalue weighted by Crippen LogP contribution is -2.37. The summed E-state index contributed by atoms with van der Waals surface area (Å²) >= 11 is 2.14. The van der Waals surface area contributed by atoms with Crippen LogP contribution in [0.25, 0.3) is 0 Å². The summed E-state index contributed by atoms with van der Waals surface area (Å²) < 4.78 is 0.484. The van der Waals surface area contributed by atoms with Crippen molar-refractivity contribution in [3.05, 3.63) is 0 Å². The quantitative estimate of drug-likeness (QED) is 0.824. The van der Waals surface area contributed by atoms with Crippen molar-refractivity contribution in [1.82, 2.24) is 4.90 Å². The van der Waals surface area contributed by atoms with Crippen molar-refractivity contribution in [3.8, 4) is 0 Å². The number of hydrogen-bond donors (Lipinski definition) is 1. The van der Waals surface area contributed by atoms with Gasteiger partial charge in [0, 0.05) is 29.6 Å². The molecule has 2 rings (SSSR count). The Kier molecular flexibility index (Phi) is 4.79. The fraction of sp³-hybridized carbons (Fsp3) is 1.00. The minimum atomic E-state index is 0.478. The van der Waals surface area contributed by atoms with Gasteiger partial charge in [0.25, 0.3) is 0 Å². The van der Waals surface area contributed by atoms with Crippen molar-refractivity contribution in [3.63, 3.8) is 0 Å². The lowest BCUT2D eigenvalue weighted by Gasteiger charge is -2.31. The minimum absolute atomic E-state index is 0.478. The molecule has 0 aromatic heterocycles. The van der Waals surface area contributed by atoms with Crippen molar-refractivity contribution in [1.29, 1.82) is 0 Å². The maximum absolute atomic E-state index is 6.08. The molecule has 0 amide bonds. The largest absolute Gasteiger partial charge is 0.328 e. The summed E-state index contributed by atoms with van der Waals surface area (Å²) in [4.78, 5) is 2.68. The molecule has 1 aliphatic heterocycles. The zero-order valence-electron chi connectivity index (χ0n) is 11.5. The number of nitrogens with zero attached hydrogens (tertiary/aromatic N) is 1. The SMILES string of the molecule is CC1(C)CCN(CC2CCCC(N)C2)CCS1. The van der Waals surface area contributed by atoms with Gasteiger partial charge in [0.1, 0.15) is 0 Å². The Bertz CT molecular complexity index is 242. The van der Waals surface area contributed by atoms with Crippen LogP contribution in [0.5, 0.6) is 0 Å². The van der Waals surface area contributed by atoms with E-state index in [4.69, 9.17) is 5.73 Å². The Balaban J connectivity index is 1.78. The van der Waals surface area contributed by atoms with Gasteiger partial charge in [-0.3, -0.25) is 0 Å². The van der Waals surface area contributed by atoms with Crippen LogP contribution >= 0.6 is 11.8 Å². The van der Waals surface area contributed by atoms with Crippen LogP contribution in [0, 0.1) is 5.92 Å². The number of thioether (sulfide) groups is 1. The molecule has 100 valence electrons. The third kappa shape index (κ3) is 4.46. The fourth-order valence-corrected chi connectivity index (χ4v) is 4.25. The summed E-state index contributed by atoms with van der Waals surface area (Å²) in [6.45, 7) is 8.63. The summed E-state index contributed by atoms with van der Waals surface area (Å²) in [5, 5.41) is 0. The van der Waals surface area contributed by atoms with Gasteiger partial charge in [-0.2, -0.15) is 11.8 Å². The molecule has 0 aromatic rings. The van der Waals surface area contributed by atoms with E-state index in [1.165, 1.54) is 57.5 Å². The van der Waals surface area contributed by atoms with Crippen molar-refractivity contribution in [2.75, 3.05) is 25.4 Å². The molecule has 0 radical (unpaired) electrons. The van der Waals surface area contributed by atoms with Gasteiger partial charge in [0.15, 0.2) is 0 Å². The predicted molar refractivity (Wildman–Crippen MR) is 77.5 cm³/mol. The molecular formula is C14H28N2S. The average Bonchev–Trinajstić information content (AvgIpc) is 2.41. The highest BCUT2D eigenvalue weighted by Crippen LogP contribution is 2.31. The van der Waals surface area contributed by atoms with Crippen molar-refractivity contribution >= 4 is 11.8 Å². The van der Waals surface area contributed by atoms with Crippen molar-refractivity contribution < 1.29 is 0 Å². The highest BCUT2D eigenvalue weighted by atomic mass is 32.2. The first kappa shape index (κ1) is 13.7. The second-order valence-corrected chi connectivity index (χ2v) is 8.25. The second kappa shape index (κ2) is 5.94. The first-order valence-electron chi connectivity index (χ1n) is 7.17. The average molecular weight is 256 g/mol. The Morgan fingerprint density at radius 1 is 1.29 bits per heavy atom. The van der Waals surface area contributed by atoms with Crippen LogP contribution in [0.3, 0.4) is 0 Å². The highest BCUT2D eigenvalue weighted by Gasteiger charge is 2.26. The Morgan fingerprint density at radius 2 is 2.12 bits per heavy atom. The van der Waals surface area contributed by atoms with Gasteiger partial charge < -0.3 is 10.6 Å². The molecule has 1 aliphatic carbocycles. The topological polar surface area (TPSA) is 29.3 Å². The molecule has 2 unspecified atom stereocenters. The first-order chi connectivity index (χ1) is 8.05. The second-order valence-electron chi connectivity index (χ2n) is 6.45. The molecule has 3 heteroatoms. The number of hydrogen-bond acceptors (Lipinski definition) is 3. The smallest absolute Gasteiger partial charge is 0.0116 e. The lowest BCUT2D eigenvalue weighted by molar-refractivity contribution is 0.198. The predicted octanol–water partition coefficient (Wildman–Crippen LogP) is 2.72. The Morgan fingerprint density at radius 3 is 2.88 bits per heavy atom. The van der Waals surface area contributed by atoms with Crippen LogP contribution in [0.15, 0.2) is 0 Å². The number of nitrogens with two attached hydrogens (primary N) is 1. The van der Waals surface area contributed by atoms with E-state index in [9.17, 15) is 0 Å². The van der Waals surface area contributed by atoms with E-state index in [1.54, 1.807) is 0 Å².